The zero-order valence-corrected chi connectivity index (χ0v) is 13.3. The van der Waals surface area contributed by atoms with Gasteiger partial charge in [-0.05, 0) is 35.2 Å². The summed E-state index contributed by atoms with van der Waals surface area (Å²) in [5, 5.41) is 6.39. The van der Waals surface area contributed by atoms with E-state index in [1.807, 2.05) is 0 Å². The minimum Gasteiger partial charge on any atom is -0.325 e. The summed E-state index contributed by atoms with van der Waals surface area (Å²) in [5.74, 6) is 0.217. The number of amides is 1. The van der Waals surface area contributed by atoms with Gasteiger partial charge in [-0.15, -0.1) is 0 Å². The summed E-state index contributed by atoms with van der Waals surface area (Å²) in [4.78, 5) is 23.1. The van der Waals surface area contributed by atoms with Gasteiger partial charge in [-0.1, -0.05) is 27.9 Å². The van der Waals surface area contributed by atoms with E-state index in [0.29, 0.717) is 26.5 Å². The highest BCUT2D eigenvalue weighted by Crippen LogP contribution is 2.25. The minimum atomic E-state index is -0.458. The Morgan fingerprint density at radius 3 is 2.90 bits per heavy atom. The monoisotopic (exact) mass is 348 g/mol. The van der Waals surface area contributed by atoms with Crippen LogP contribution in [0.4, 0.5) is 5.69 Å². The Balaban J connectivity index is 1.88. The van der Waals surface area contributed by atoms with E-state index in [4.69, 9.17) is 23.2 Å². The predicted molar refractivity (Wildman–Crippen MR) is 80.9 cm³/mol. The number of H-pyrrole nitrogens is 1. The molecular formula is C12H12Cl2N3O3S+. The van der Waals surface area contributed by atoms with Gasteiger partial charge < -0.3 is 5.32 Å². The maximum Gasteiger partial charge on any atom is 0.441 e. The number of thioether (sulfide) groups is 1. The zero-order valence-electron chi connectivity index (χ0n) is 11.0. The number of nitrogens with one attached hydrogen (secondary N) is 2. The van der Waals surface area contributed by atoms with Crippen LogP contribution in [0.3, 0.4) is 0 Å². The third-order valence-corrected chi connectivity index (χ3v) is 4.21. The molecule has 1 amide bonds. The first-order chi connectivity index (χ1) is 9.97. The van der Waals surface area contributed by atoms with Gasteiger partial charge in [-0.3, -0.25) is 9.32 Å². The minimum absolute atomic E-state index is 0.214. The van der Waals surface area contributed by atoms with Gasteiger partial charge in [0.15, 0.2) is 7.05 Å². The van der Waals surface area contributed by atoms with Crippen molar-refractivity contribution >= 4 is 46.6 Å². The number of aromatic nitrogens is 2. The van der Waals surface area contributed by atoms with Crippen molar-refractivity contribution in [3.05, 3.63) is 38.7 Å². The Morgan fingerprint density at radius 2 is 2.24 bits per heavy atom. The van der Waals surface area contributed by atoms with E-state index in [0.717, 1.165) is 0 Å². The van der Waals surface area contributed by atoms with Gasteiger partial charge in [0.2, 0.25) is 5.91 Å². The van der Waals surface area contributed by atoms with E-state index in [9.17, 15) is 9.59 Å². The number of hydrogen-bond donors (Lipinski definition) is 2. The molecule has 0 aliphatic heterocycles. The molecular weight excluding hydrogens is 337 g/mol. The molecule has 0 unspecified atom stereocenters. The Morgan fingerprint density at radius 1 is 1.48 bits per heavy atom. The van der Waals surface area contributed by atoms with Crippen LogP contribution in [-0.4, -0.2) is 16.9 Å². The molecule has 0 atom stereocenters. The lowest BCUT2D eigenvalue weighted by atomic mass is 10.3. The van der Waals surface area contributed by atoms with E-state index in [2.05, 4.69) is 15.1 Å². The number of halogens is 2. The molecule has 0 spiro atoms. The third kappa shape index (κ3) is 4.26. The van der Waals surface area contributed by atoms with Gasteiger partial charge in [0.05, 0.1) is 10.7 Å². The van der Waals surface area contributed by atoms with Crippen molar-refractivity contribution in [1.82, 2.24) is 5.27 Å². The summed E-state index contributed by atoms with van der Waals surface area (Å²) in [6.07, 6.45) is 0.220. The van der Waals surface area contributed by atoms with Gasteiger partial charge in [0.1, 0.15) is 0 Å². The smallest absolute Gasteiger partial charge is 0.325 e. The molecule has 9 heteroatoms. The molecule has 0 saturated carbocycles. The topological polar surface area (TPSA) is 79.0 Å². The molecule has 1 heterocycles. The summed E-state index contributed by atoms with van der Waals surface area (Å²) >= 11 is 13.0. The maximum absolute atomic E-state index is 11.8. The molecule has 1 aromatic carbocycles. The summed E-state index contributed by atoms with van der Waals surface area (Å²) in [6.45, 7) is 0. The maximum atomic E-state index is 11.8. The quantitative estimate of drug-likeness (QED) is 0.641. The van der Waals surface area contributed by atoms with E-state index in [1.54, 1.807) is 25.2 Å². The lowest BCUT2D eigenvalue weighted by Crippen LogP contribution is -2.33. The number of hydrogen-bond acceptors (Lipinski definition) is 4. The number of benzene rings is 1. The molecule has 0 bridgehead atoms. The average Bonchev–Trinajstić information content (AvgIpc) is 2.74. The molecule has 112 valence electrons. The average molecular weight is 349 g/mol. The van der Waals surface area contributed by atoms with Crippen molar-refractivity contribution < 1.29 is 14.0 Å². The predicted octanol–water partition coefficient (Wildman–Crippen LogP) is 2.22. The molecule has 21 heavy (non-hydrogen) atoms. The summed E-state index contributed by atoms with van der Waals surface area (Å²) in [5.41, 5.74) is 0.00618. The molecule has 0 saturated heterocycles. The van der Waals surface area contributed by atoms with Crippen LogP contribution >= 0.6 is 35.0 Å². The molecule has 0 aliphatic rings. The molecule has 1 aromatic heterocycles. The third-order valence-electron chi connectivity index (χ3n) is 2.52. The first kappa shape index (κ1) is 15.9. The van der Waals surface area contributed by atoms with Crippen LogP contribution in [0.5, 0.6) is 0 Å². The van der Waals surface area contributed by atoms with Crippen molar-refractivity contribution in [1.29, 1.82) is 0 Å². The van der Waals surface area contributed by atoms with E-state index in [-0.39, 0.29) is 12.3 Å². The standard InChI is InChI=1S/C12H11Cl2N3O3S/c1-17-11(12(19)20-16-17)21-5-4-10(18)15-9-6-7(13)2-3-8(9)14/h2-3,6H,4-5H2,1H3,(H-,15,16,18,19)/p+1. The fraction of sp³-hybridized carbons (Fsp3) is 0.250. The van der Waals surface area contributed by atoms with Gasteiger partial charge in [0, 0.05) is 17.2 Å². The zero-order chi connectivity index (χ0) is 15.4. The highest BCUT2D eigenvalue weighted by atomic mass is 35.5. The number of aromatic amines is 1. The first-order valence-electron chi connectivity index (χ1n) is 5.92. The van der Waals surface area contributed by atoms with Gasteiger partial charge in [0.25, 0.3) is 0 Å². The van der Waals surface area contributed by atoms with Crippen molar-refractivity contribution in [2.24, 2.45) is 7.05 Å². The number of carbonyl (C=O) groups is 1. The number of aryl methyl sites for hydroxylation is 1. The van der Waals surface area contributed by atoms with Gasteiger partial charge in [-0.25, -0.2) is 4.79 Å². The van der Waals surface area contributed by atoms with Crippen molar-refractivity contribution in [2.75, 3.05) is 11.1 Å². The van der Waals surface area contributed by atoms with Gasteiger partial charge in [-0.2, -0.15) is 0 Å². The van der Waals surface area contributed by atoms with Crippen LogP contribution in [-0.2, 0) is 11.8 Å². The van der Waals surface area contributed by atoms with Crippen molar-refractivity contribution in [3.8, 4) is 0 Å². The fourth-order valence-corrected chi connectivity index (χ4v) is 2.74. The lowest BCUT2D eigenvalue weighted by Gasteiger charge is -2.06. The summed E-state index contributed by atoms with van der Waals surface area (Å²) in [7, 11) is 1.65. The lowest BCUT2D eigenvalue weighted by molar-refractivity contribution is -0.772. The van der Waals surface area contributed by atoms with Crippen LogP contribution in [0.15, 0.2) is 32.5 Å². The Kier molecular flexibility index (Phi) is 5.33. The number of nitrogens with zero attached hydrogens (tertiary/aromatic N) is 1. The number of anilines is 1. The number of carbonyl (C=O) groups excluding carboxylic acids is 1. The highest BCUT2D eigenvalue weighted by Gasteiger charge is 2.18. The second kappa shape index (κ2) is 7.02. The molecule has 0 radical (unpaired) electrons. The van der Waals surface area contributed by atoms with E-state index >= 15 is 0 Å². The molecule has 2 aromatic rings. The largest absolute Gasteiger partial charge is 0.441 e. The van der Waals surface area contributed by atoms with Crippen LogP contribution in [0.1, 0.15) is 6.42 Å². The highest BCUT2D eigenvalue weighted by molar-refractivity contribution is 7.99. The SMILES string of the molecule is C[n+]1[nH]oc(=O)c1SCCC(=O)Nc1cc(Cl)ccc1Cl. The molecule has 6 nitrogen and oxygen atoms in total. The normalized spacial score (nSPS) is 10.6. The fourth-order valence-electron chi connectivity index (χ4n) is 1.53. The van der Waals surface area contributed by atoms with Crippen LogP contribution < -0.4 is 15.6 Å². The Bertz CT molecular complexity index is 714. The van der Waals surface area contributed by atoms with Crippen molar-refractivity contribution in [3.63, 3.8) is 0 Å². The second-order valence-electron chi connectivity index (χ2n) is 4.12. The number of rotatable bonds is 5. The Labute approximate surface area is 134 Å². The Hall–Kier alpha value is -1.44. The molecule has 2 rings (SSSR count). The van der Waals surface area contributed by atoms with E-state index in [1.165, 1.54) is 16.4 Å². The van der Waals surface area contributed by atoms with Crippen molar-refractivity contribution in [2.45, 2.75) is 11.4 Å². The molecule has 2 N–H and O–H groups in total. The van der Waals surface area contributed by atoms with Crippen LogP contribution in [0.2, 0.25) is 10.0 Å². The van der Waals surface area contributed by atoms with Crippen LogP contribution in [0.25, 0.3) is 0 Å². The first-order valence-corrected chi connectivity index (χ1v) is 7.66. The molecule has 0 fully saturated rings. The van der Waals surface area contributed by atoms with E-state index < -0.39 is 5.63 Å². The molecule has 0 aliphatic carbocycles. The second-order valence-corrected chi connectivity index (χ2v) is 6.04. The van der Waals surface area contributed by atoms with Crippen LogP contribution in [0, 0.1) is 0 Å². The summed E-state index contributed by atoms with van der Waals surface area (Å²) < 4.78 is 6.06. The summed E-state index contributed by atoms with van der Waals surface area (Å²) in [6, 6.07) is 4.83. The van der Waals surface area contributed by atoms with Gasteiger partial charge >= 0.3 is 10.7 Å².